The van der Waals surface area contributed by atoms with Gasteiger partial charge in [-0.05, 0) is 103 Å². The van der Waals surface area contributed by atoms with Crippen LogP contribution in [0.15, 0.2) is 60.9 Å². The molecule has 0 bridgehead atoms. The summed E-state index contributed by atoms with van der Waals surface area (Å²) >= 11 is 0. The van der Waals surface area contributed by atoms with Crippen molar-refractivity contribution in [2.45, 2.75) is 45.1 Å². The van der Waals surface area contributed by atoms with E-state index in [0.717, 1.165) is 76.9 Å². The molecule has 2 fully saturated rings. The molecule has 226 valence electrons. The van der Waals surface area contributed by atoms with Crippen molar-refractivity contribution in [3.63, 3.8) is 0 Å². The Kier molecular flexibility index (Phi) is 6.66. The Balaban J connectivity index is 1.27. The number of rotatable bonds is 6. The molecule has 0 spiro atoms. The summed E-state index contributed by atoms with van der Waals surface area (Å²) in [5.74, 6) is 2.03. The van der Waals surface area contributed by atoms with Crippen molar-refractivity contribution >= 4 is 28.2 Å². The SMILES string of the molecule is C[C@H]1CCCN(Cc2cc3c4c(ccc(C#N)c4c2)N(c2cc(-c4ccc(C#N)cc4-c4nncn4C)cc(C4CC4)n2)C3=O)C1. The van der Waals surface area contributed by atoms with E-state index in [4.69, 9.17) is 4.98 Å². The van der Waals surface area contributed by atoms with E-state index in [1.54, 1.807) is 17.3 Å². The summed E-state index contributed by atoms with van der Waals surface area (Å²) in [7, 11) is 1.88. The van der Waals surface area contributed by atoms with Gasteiger partial charge in [0.2, 0.25) is 0 Å². The molecule has 0 radical (unpaired) electrons. The summed E-state index contributed by atoms with van der Waals surface area (Å²) < 4.78 is 1.83. The predicted octanol–water partition coefficient (Wildman–Crippen LogP) is 6.84. The summed E-state index contributed by atoms with van der Waals surface area (Å²) in [5.41, 5.74) is 6.99. The van der Waals surface area contributed by atoms with Crippen molar-refractivity contribution < 1.29 is 4.79 Å². The summed E-state index contributed by atoms with van der Waals surface area (Å²) in [6.07, 6.45) is 6.15. The van der Waals surface area contributed by atoms with Crippen LogP contribution in [0.5, 0.6) is 0 Å². The van der Waals surface area contributed by atoms with Gasteiger partial charge < -0.3 is 4.57 Å². The van der Waals surface area contributed by atoms with Gasteiger partial charge in [0.25, 0.3) is 5.91 Å². The normalized spacial score (nSPS) is 17.8. The molecule has 0 N–H and O–H groups in total. The zero-order chi connectivity index (χ0) is 31.5. The summed E-state index contributed by atoms with van der Waals surface area (Å²) in [6.45, 7) is 5.11. The first-order valence-electron chi connectivity index (χ1n) is 15.9. The maximum atomic E-state index is 14.4. The van der Waals surface area contributed by atoms with Crippen LogP contribution < -0.4 is 4.90 Å². The van der Waals surface area contributed by atoms with Crippen LogP contribution in [0, 0.1) is 28.6 Å². The van der Waals surface area contributed by atoms with E-state index in [9.17, 15) is 15.3 Å². The molecule has 2 aromatic heterocycles. The fourth-order valence-electron chi connectivity index (χ4n) is 7.19. The molecule has 1 amide bonds. The lowest BCUT2D eigenvalue weighted by molar-refractivity contribution is 0.100. The lowest BCUT2D eigenvalue weighted by atomic mass is 9.96. The maximum absolute atomic E-state index is 14.4. The number of anilines is 2. The lowest BCUT2D eigenvalue weighted by Crippen LogP contribution is -2.33. The Bertz CT molecular complexity index is 2150. The zero-order valence-corrected chi connectivity index (χ0v) is 25.9. The van der Waals surface area contributed by atoms with Crippen LogP contribution in [0.3, 0.4) is 0 Å². The van der Waals surface area contributed by atoms with Gasteiger partial charge in [-0.1, -0.05) is 13.0 Å². The van der Waals surface area contributed by atoms with E-state index in [1.165, 1.54) is 12.8 Å². The minimum atomic E-state index is -0.135. The Morgan fingerprint density at radius 2 is 1.83 bits per heavy atom. The van der Waals surface area contributed by atoms with Crippen LogP contribution in [0.4, 0.5) is 11.5 Å². The van der Waals surface area contributed by atoms with E-state index in [-0.39, 0.29) is 5.91 Å². The highest BCUT2D eigenvalue weighted by Crippen LogP contribution is 2.47. The molecule has 2 aliphatic heterocycles. The molecule has 9 nitrogen and oxygen atoms in total. The second-order valence-corrected chi connectivity index (χ2v) is 13.0. The topological polar surface area (TPSA) is 115 Å². The number of nitriles is 2. The largest absolute Gasteiger partial charge is 0.317 e. The molecule has 1 aliphatic carbocycles. The predicted molar refractivity (Wildman–Crippen MR) is 175 cm³/mol. The van der Waals surface area contributed by atoms with Gasteiger partial charge in [0.1, 0.15) is 12.1 Å². The first kappa shape index (κ1) is 28.1. The van der Waals surface area contributed by atoms with Gasteiger partial charge in [-0.15, -0.1) is 10.2 Å². The third-order valence-corrected chi connectivity index (χ3v) is 9.56. The zero-order valence-electron chi connectivity index (χ0n) is 25.9. The van der Waals surface area contributed by atoms with Crippen molar-refractivity contribution in [1.29, 1.82) is 10.5 Å². The van der Waals surface area contributed by atoms with Gasteiger partial charge in [0.05, 0.1) is 34.5 Å². The van der Waals surface area contributed by atoms with Gasteiger partial charge in [-0.2, -0.15) is 10.5 Å². The summed E-state index contributed by atoms with van der Waals surface area (Å²) in [6, 6.07) is 22.0. The minimum Gasteiger partial charge on any atom is -0.317 e. The molecule has 3 aliphatic rings. The Morgan fingerprint density at radius 1 is 0.957 bits per heavy atom. The van der Waals surface area contributed by atoms with E-state index >= 15 is 0 Å². The van der Waals surface area contributed by atoms with Gasteiger partial charge >= 0.3 is 0 Å². The molecule has 5 aromatic rings. The second-order valence-electron chi connectivity index (χ2n) is 13.0. The lowest BCUT2D eigenvalue weighted by Gasteiger charge is -2.30. The number of aromatic nitrogens is 4. The summed E-state index contributed by atoms with van der Waals surface area (Å²) in [4.78, 5) is 23.7. The number of aryl methyl sites for hydroxylation is 1. The van der Waals surface area contributed by atoms with Gasteiger partial charge in [-0.3, -0.25) is 14.6 Å². The molecule has 3 aromatic carbocycles. The smallest absolute Gasteiger partial charge is 0.264 e. The number of pyridine rings is 1. The number of benzene rings is 3. The van der Waals surface area contributed by atoms with Crippen molar-refractivity contribution in [3.8, 4) is 34.7 Å². The van der Waals surface area contributed by atoms with E-state index in [1.807, 2.05) is 48.0 Å². The molecule has 0 unspecified atom stereocenters. The highest BCUT2D eigenvalue weighted by molar-refractivity contribution is 6.28. The van der Waals surface area contributed by atoms with Crippen LogP contribution in [0.25, 0.3) is 33.3 Å². The number of likely N-dealkylation sites (tertiary alicyclic amines) is 1. The number of carbonyl (C=O) groups is 1. The molecule has 1 saturated carbocycles. The molecular formula is C37H32N8O. The van der Waals surface area contributed by atoms with Crippen LogP contribution in [-0.2, 0) is 13.6 Å². The summed E-state index contributed by atoms with van der Waals surface area (Å²) in [5, 5.41) is 29.8. The molecule has 1 saturated heterocycles. The van der Waals surface area contributed by atoms with Gasteiger partial charge in [0, 0.05) is 48.1 Å². The minimum absolute atomic E-state index is 0.135. The van der Waals surface area contributed by atoms with Crippen molar-refractivity contribution in [2.75, 3.05) is 18.0 Å². The van der Waals surface area contributed by atoms with Gasteiger partial charge in [-0.25, -0.2) is 4.98 Å². The average Bonchev–Trinajstić information content (AvgIpc) is 3.77. The fourth-order valence-corrected chi connectivity index (χ4v) is 7.19. The molecular weight excluding hydrogens is 572 g/mol. The van der Waals surface area contributed by atoms with Crippen molar-refractivity contribution in [2.24, 2.45) is 13.0 Å². The Morgan fingerprint density at radius 3 is 2.57 bits per heavy atom. The Labute approximate surface area is 267 Å². The van der Waals surface area contributed by atoms with Gasteiger partial charge in [0.15, 0.2) is 5.82 Å². The van der Waals surface area contributed by atoms with E-state index < -0.39 is 0 Å². The van der Waals surface area contributed by atoms with Crippen LogP contribution in [0.1, 0.15) is 71.3 Å². The molecule has 9 heteroatoms. The first-order chi connectivity index (χ1) is 22.4. The van der Waals surface area contributed by atoms with Crippen molar-refractivity contribution in [3.05, 3.63) is 88.9 Å². The number of hydrogen-bond acceptors (Lipinski definition) is 7. The quantitative estimate of drug-likeness (QED) is 0.208. The highest BCUT2D eigenvalue weighted by atomic mass is 16.2. The molecule has 1 atom stereocenters. The number of piperidine rings is 1. The Hall–Kier alpha value is -5.38. The van der Waals surface area contributed by atoms with Crippen LogP contribution in [-0.4, -0.2) is 43.6 Å². The van der Waals surface area contributed by atoms with Crippen LogP contribution in [0.2, 0.25) is 0 Å². The number of hydrogen-bond donors (Lipinski definition) is 0. The third kappa shape index (κ3) is 4.72. The average molecular weight is 605 g/mol. The van der Waals surface area contributed by atoms with E-state index in [0.29, 0.717) is 40.2 Å². The first-order valence-corrected chi connectivity index (χ1v) is 15.9. The highest BCUT2D eigenvalue weighted by Gasteiger charge is 2.35. The number of nitrogens with zero attached hydrogens (tertiary/aromatic N) is 8. The van der Waals surface area contributed by atoms with E-state index in [2.05, 4.69) is 46.3 Å². The van der Waals surface area contributed by atoms with Crippen molar-refractivity contribution in [1.82, 2.24) is 24.6 Å². The van der Waals surface area contributed by atoms with Crippen LogP contribution >= 0.6 is 0 Å². The standard InChI is InChI=1S/C37H32N8O/c1-22-4-3-11-44(19-22)20-24-13-29-26(18-39)8-10-33-35(29)31(14-24)37(46)45(33)34-16-27(15-32(41-34)25-6-7-25)28-9-5-23(17-38)12-30(28)36-42-40-21-43(36)2/h5,8-10,12-16,21-22,25H,3-4,6-7,11,19-20H2,1-2H3/t22-/m0/s1. The number of amides is 1. The third-order valence-electron chi connectivity index (χ3n) is 9.56. The second kappa shape index (κ2) is 10.9. The maximum Gasteiger partial charge on any atom is 0.264 e. The molecule has 4 heterocycles. The molecule has 46 heavy (non-hydrogen) atoms. The fraction of sp³-hybridized carbons (Fsp3) is 0.297. The molecule has 8 rings (SSSR count). The monoisotopic (exact) mass is 604 g/mol. The number of carbonyl (C=O) groups excluding carboxylic acids is 1.